The highest BCUT2D eigenvalue weighted by Crippen LogP contribution is 2.32. The first-order valence-electron chi connectivity index (χ1n) is 7.12. The lowest BCUT2D eigenvalue weighted by molar-refractivity contribution is 0.270. The van der Waals surface area contributed by atoms with E-state index in [1.165, 1.54) is 11.3 Å². The van der Waals surface area contributed by atoms with Gasteiger partial charge >= 0.3 is 0 Å². The van der Waals surface area contributed by atoms with E-state index in [0.717, 1.165) is 16.2 Å². The largest absolute Gasteiger partial charge is 0.497 e. The molecule has 2 aromatic heterocycles. The van der Waals surface area contributed by atoms with Gasteiger partial charge in [-0.2, -0.15) is 5.10 Å². The number of aliphatic hydroxyl groups excluding tert-OH is 1. The van der Waals surface area contributed by atoms with Crippen molar-refractivity contribution in [2.24, 2.45) is 0 Å². The predicted molar refractivity (Wildman–Crippen MR) is 91.2 cm³/mol. The van der Waals surface area contributed by atoms with Gasteiger partial charge in [0, 0.05) is 6.42 Å². The van der Waals surface area contributed by atoms with Crippen LogP contribution in [0.5, 0.6) is 5.75 Å². The van der Waals surface area contributed by atoms with Gasteiger partial charge in [-0.05, 0) is 29.1 Å². The van der Waals surface area contributed by atoms with Crippen molar-refractivity contribution in [1.29, 1.82) is 0 Å². The van der Waals surface area contributed by atoms with Gasteiger partial charge in [0.15, 0.2) is 11.6 Å². The van der Waals surface area contributed by atoms with E-state index < -0.39 is 0 Å². The third-order valence-electron chi connectivity index (χ3n) is 3.37. The van der Waals surface area contributed by atoms with Crippen LogP contribution in [0.2, 0.25) is 5.02 Å². The third kappa shape index (κ3) is 3.55. The van der Waals surface area contributed by atoms with E-state index in [4.69, 9.17) is 16.3 Å². The molecule has 0 atom stereocenters. The Morgan fingerprint density at radius 3 is 2.65 bits per heavy atom. The lowest BCUT2D eigenvalue weighted by Gasteiger charge is -2.01. The normalized spacial score (nSPS) is 10.9. The molecule has 7 heteroatoms. The molecule has 0 bridgehead atoms. The van der Waals surface area contributed by atoms with Crippen molar-refractivity contribution in [3.63, 3.8) is 0 Å². The molecule has 0 fully saturated rings. The Kier molecular flexibility index (Phi) is 4.95. The summed E-state index contributed by atoms with van der Waals surface area (Å²) in [6.45, 7) is 0.389. The van der Waals surface area contributed by atoms with Crippen LogP contribution in [0.15, 0.2) is 35.7 Å². The maximum absolute atomic E-state index is 9.24. The van der Waals surface area contributed by atoms with Crippen molar-refractivity contribution in [2.75, 3.05) is 13.7 Å². The second-order valence-electron chi connectivity index (χ2n) is 4.92. The molecule has 0 aliphatic heterocycles. The minimum absolute atomic E-state index is 0.00132. The van der Waals surface area contributed by atoms with E-state index in [2.05, 4.69) is 10.1 Å². The molecule has 1 N–H and O–H groups in total. The summed E-state index contributed by atoms with van der Waals surface area (Å²) in [5.74, 6) is 2.21. The minimum atomic E-state index is 0.00132. The molecule has 0 aliphatic rings. The zero-order chi connectivity index (χ0) is 16.2. The Balaban J connectivity index is 1.89. The summed E-state index contributed by atoms with van der Waals surface area (Å²) in [5.41, 5.74) is 1.09. The summed E-state index contributed by atoms with van der Waals surface area (Å²) in [6.07, 6.45) is 0.610. The summed E-state index contributed by atoms with van der Waals surface area (Å²) < 4.78 is 6.87. The van der Waals surface area contributed by atoms with Gasteiger partial charge in [0.25, 0.3) is 0 Å². The molecule has 3 aromatic rings. The standard InChI is InChI=1S/C16H16ClN3O2S/c1-22-12-4-2-11(3-5-12)10-14-18-16(20(19-14)7-8-21)15-13(17)6-9-23-15/h2-6,9,21H,7-8,10H2,1H3. The second-order valence-corrected chi connectivity index (χ2v) is 6.24. The lowest BCUT2D eigenvalue weighted by atomic mass is 10.1. The molecule has 0 radical (unpaired) electrons. The smallest absolute Gasteiger partial charge is 0.170 e. The van der Waals surface area contributed by atoms with Crippen molar-refractivity contribution in [3.8, 4) is 16.5 Å². The second kappa shape index (κ2) is 7.12. The molecule has 5 nitrogen and oxygen atoms in total. The summed E-state index contributed by atoms with van der Waals surface area (Å²) in [7, 11) is 1.64. The van der Waals surface area contributed by atoms with Gasteiger partial charge < -0.3 is 9.84 Å². The van der Waals surface area contributed by atoms with E-state index in [1.807, 2.05) is 35.7 Å². The first-order valence-corrected chi connectivity index (χ1v) is 8.38. The number of benzene rings is 1. The van der Waals surface area contributed by atoms with Crippen molar-refractivity contribution in [2.45, 2.75) is 13.0 Å². The number of hydrogen-bond acceptors (Lipinski definition) is 5. The molecule has 2 heterocycles. The molecular formula is C16H16ClN3O2S. The topological polar surface area (TPSA) is 60.2 Å². The number of aliphatic hydroxyl groups is 1. The Bertz CT molecular complexity index is 783. The van der Waals surface area contributed by atoms with E-state index in [0.29, 0.717) is 29.6 Å². The van der Waals surface area contributed by atoms with Crippen LogP contribution >= 0.6 is 22.9 Å². The molecular weight excluding hydrogens is 334 g/mol. The number of nitrogens with zero attached hydrogens (tertiary/aromatic N) is 3. The maximum Gasteiger partial charge on any atom is 0.170 e. The van der Waals surface area contributed by atoms with Crippen molar-refractivity contribution in [3.05, 3.63) is 52.1 Å². The summed E-state index contributed by atoms with van der Waals surface area (Å²) in [6, 6.07) is 9.64. The SMILES string of the molecule is COc1ccc(Cc2nc(-c3sccc3Cl)n(CCO)n2)cc1. The van der Waals surface area contributed by atoms with Gasteiger partial charge in [-0.3, -0.25) is 0 Å². The number of hydrogen-bond donors (Lipinski definition) is 1. The van der Waals surface area contributed by atoms with E-state index in [-0.39, 0.29) is 6.61 Å². The van der Waals surface area contributed by atoms with Crippen LogP contribution in [0.25, 0.3) is 10.7 Å². The van der Waals surface area contributed by atoms with Crippen LogP contribution in [-0.2, 0) is 13.0 Å². The molecule has 0 saturated heterocycles. The molecule has 0 aliphatic carbocycles. The van der Waals surface area contributed by atoms with Crippen LogP contribution in [0, 0.1) is 0 Å². The fourth-order valence-corrected chi connectivity index (χ4v) is 3.39. The number of thiophene rings is 1. The van der Waals surface area contributed by atoms with Crippen molar-refractivity contribution >= 4 is 22.9 Å². The zero-order valence-corrected chi connectivity index (χ0v) is 14.1. The molecule has 23 heavy (non-hydrogen) atoms. The average molecular weight is 350 g/mol. The van der Waals surface area contributed by atoms with Crippen LogP contribution < -0.4 is 4.74 Å². The van der Waals surface area contributed by atoms with Gasteiger partial charge in [-0.25, -0.2) is 9.67 Å². The highest BCUT2D eigenvalue weighted by molar-refractivity contribution is 7.14. The fourth-order valence-electron chi connectivity index (χ4n) is 2.26. The molecule has 120 valence electrons. The van der Waals surface area contributed by atoms with Crippen LogP contribution in [0.3, 0.4) is 0 Å². The Hall–Kier alpha value is -1.89. The number of methoxy groups -OCH3 is 1. The van der Waals surface area contributed by atoms with Gasteiger partial charge in [-0.15, -0.1) is 11.3 Å². The quantitative estimate of drug-likeness (QED) is 0.742. The summed E-state index contributed by atoms with van der Waals surface area (Å²) >= 11 is 7.72. The monoisotopic (exact) mass is 349 g/mol. The predicted octanol–water partition coefficient (Wildman–Crippen LogP) is 3.25. The summed E-state index contributed by atoms with van der Waals surface area (Å²) in [5, 5.41) is 16.3. The van der Waals surface area contributed by atoms with Crippen molar-refractivity contribution < 1.29 is 9.84 Å². The highest BCUT2D eigenvalue weighted by atomic mass is 35.5. The van der Waals surface area contributed by atoms with Crippen molar-refractivity contribution in [1.82, 2.24) is 14.8 Å². The molecule has 0 amide bonds. The molecule has 3 rings (SSSR count). The van der Waals surface area contributed by atoms with Gasteiger partial charge in [0.2, 0.25) is 0 Å². The Morgan fingerprint density at radius 2 is 2.04 bits per heavy atom. The molecule has 0 spiro atoms. The van der Waals surface area contributed by atoms with Crippen LogP contribution in [0.4, 0.5) is 0 Å². The number of rotatable bonds is 6. The minimum Gasteiger partial charge on any atom is -0.497 e. The van der Waals surface area contributed by atoms with Crippen LogP contribution in [-0.4, -0.2) is 33.6 Å². The first-order chi connectivity index (χ1) is 11.2. The molecule has 0 unspecified atom stereocenters. The molecule has 0 saturated carbocycles. The highest BCUT2D eigenvalue weighted by Gasteiger charge is 2.16. The first kappa shape index (κ1) is 16.0. The van der Waals surface area contributed by atoms with Gasteiger partial charge in [0.1, 0.15) is 5.75 Å². The van der Waals surface area contributed by atoms with Crippen LogP contribution in [0.1, 0.15) is 11.4 Å². The Morgan fingerprint density at radius 1 is 1.26 bits per heavy atom. The fraction of sp³-hybridized carbons (Fsp3) is 0.250. The number of aromatic nitrogens is 3. The maximum atomic E-state index is 9.24. The Labute approximate surface area is 143 Å². The van der Waals surface area contributed by atoms with E-state index in [9.17, 15) is 5.11 Å². The summed E-state index contributed by atoms with van der Waals surface area (Å²) in [4.78, 5) is 5.47. The van der Waals surface area contributed by atoms with E-state index in [1.54, 1.807) is 11.8 Å². The van der Waals surface area contributed by atoms with Gasteiger partial charge in [0.05, 0.1) is 30.2 Å². The number of halogens is 1. The van der Waals surface area contributed by atoms with Gasteiger partial charge in [-0.1, -0.05) is 23.7 Å². The molecule has 1 aromatic carbocycles. The average Bonchev–Trinajstić information content (AvgIpc) is 3.14. The number of ether oxygens (including phenoxy) is 1. The van der Waals surface area contributed by atoms with E-state index >= 15 is 0 Å². The zero-order valence-electron chi connectivity index (χ0n) is 12.6. The third-order valence-corrected chi connectivity index (χ3v) is 4.71. The lowest BCUT2D eigenvalue weighted by Crippen LogP contribution is -2.06.